The third kappa shape index (κ3) is 3.51. The van der Waals surface area contributed by atoms with E-state index in [0.29, 0.717) is 5.69 Å². The number of likely N-dealkylation sites (N-methyl/N-ethyl adjacent to an activating group) is 1. The van der Waals surface area contributed by atoms with Gasteiger partial charge in [0.2, 0.25) is 0 Å². The molecule has 1 aromatic carbocycles. The van der Waals surface area contributed by atoms with Crippen molar-refractivity contribution >= 4 is 17.3 Å². The second kappa shape index (κ2) is 6.79. The van der Waals surface area contributed by atoms with Gasteiger partial charge in [-0.3, -0.25) is 4.79 Å². The second-order valence-corrected chi connectivity index (χ2v) is 6.00. The molecule has 0 aliphatic carbocycles. The highest BCUT2D eigenvalue weighted by molar-refractivity contribution is 6.06. The minimum Gasteiger partial charge on any atom is -0.383 e. The lowest BCUT2D eigenvalue weighted by molar-refractivity contribution is 0.0984. The van der Waals surface area contributed by atoms with E-state index in [9.17, 15) is 4.79 Å². The summed E-state index contributed by atoms with van der Waals surface area (Å²) in [6, 6.07) is 11.8. The molecule has 23 heavy (non-hydrogen) atoms. The van der Waals surface area contributed by atoms with Gasteiger partial charge in [0, 0.05) is 25.3 Å². The molecule has 0 saturated heterocycles. The molecular formula is C18H22N4O. The van der Waals surface area contributed by atoms with Gasteiger partial charge in [0.05, 0.1) is 11.9 Å². The number of pyridine rings is 1. The quantitative estimate of drug-likeness (QED) is 0.920. The molecule has 120 valence electrons. The molecule has 1 aromatic heterocycles. The molecule has 1 aliphatic rings. The van der Waals surface area contributed by atoms with E-state index in [4.69, 9.17) is 0 Å². The van der Waals surface area contributed by atoms with E-state index in [0.717, 1.165) is 37.4 Å². The fraction of sp³-hybridized carbons (Fsp3) is 0.333. The summed E-state index contributed by atoms with van der Waals surface area (Å²) in [6.45, 7) is 2.52. The van der Waals surface area contributed by atoms with Crippen LogP contribution in [0.5, 0.6) is 0 Å². The standard InChI is InChI=1S/C18H22N4O/c1-21(2)12-10-19-15-7-8-16(20-13-15)18(23)22-11-9-14-5-3-4-6-17(14)22/h3-8,13,19H,9-12H2,1-2H3. The lowest BCUT2D eigenvalue weighted by Crippen LogP contribution is -2.29. The maximum atomic E-state index is 12.7. The fourth-order valence-corrected chi connectivity index (χ4v) is 2.74. The number of fused-ring (bicyclic) bond motifs is 1. The molecule has 0 spiro atoms. The van der Waals surface area contributed by atoms with E-state index >= 15 is 0 Å². The summed E-state index contributed by atoms with van der Waals surface area (Å²) < 4.78 is 0. The van der Waals surface area contributed by atoms with Crippen LogP contribution in [0.4, 0.5) is 11.4 Å². The zero-order valence-corrected chi connectivity index (χ0v) is 13.6. The number of hydrogen-bond acceptors (Lipinski definition) is 4. The van der Waals surface area contributed by atoms with Gasteiger partial charge in [-0.1, -0.05) is 18.2 Å². The fourth-order valence-electron chi connectivity index (χ4n) is 2.74. The van der Waals surface area contributed by atoms with Crippen molar-refractivity contribution in [3.05, 3.63) is 53.9 Å². The van der Waals surface area contributed by atoms with E-state index in [2.05, 4.69) is 21.3 Å². The summed E-state index contributed by atoms with van der Waals surface area (Å²) >= 11 is 0. The van der Waals surface area contributed by atoms with Gasteiger partial charge in [0.25, 0.3) is 5.91 Å². The van der Waals surface area contributed by atoms with Gasteiger partial charge >= 0.3 is 0 Å². The summed E-state index contributed by atoms with van der Waals surface area (Å²) in [5, 5.41) is 3.30. The topological polar surface area (TPSA) is 48.5 Å². The first-order valence-electron chi connectivity index (χ1n) is 7.89. The number of amides is 1. The maximum Gasteiger partial charge on any atom is 0.276 e. The number of anilines is 2. The summed E-state index contributed by atoms with van der Waals surface area (Å²) in [6.07, 6.45) is 2.64. The Hall–Kier alpha value is -2.40. The Balaban J connectivity index is 1.67. The summed E-state index contributed by atoms with van der Waals surface area (Å²) in [5.74, 6) is -0.0326. The van der Waals surface area contributed by atoms with Crippen LogP contribution in [0.25, 0.3) is 0 Å². The highest BCUT2D eigenvalue weighted by atomic mass is 16.2. The van der Waals surface area contributed by atoms with Crippen LogP contribution >= 0.6 is 0 Å². The Morgan fingerprint density at radius 3 is 2.83 bits per heavy atom. The van der Waals surface area contributed by atoms with Crippen LogP contribution in [0.2, 0.25) is 0 Å². The smallest absolute Gasteiger partial charge is 0.276 e. The lowest BCUT2D eigenvalue weighted by atomic mass is 10.2. The highest BCUT2D eigenvalue weighted by Crippen LogP contribution is 2.28. The largest absolute Gasteiger partial charge is 0.383 e. The van der Waals surface area contributed by atoms with Gasteiger partial charge in [-0.25, -0.2) is 4.98 Å². The number of hydrogen-bond donors (Lipinski definition) is 1. The molecule has 1 aliphatic heterocycles. The Bertz CT molecular complexity index is 682. The minimum absolute atomic E-state index is 0.0326. The zero-order valence-electron chi connectivity index (χ0n) is 13.6. The van der Waals surface area contributed by atoms with Gasteiger partial charge in [0.15, 0.2) is 0 Å². The predicted molar refractivity (Wildman–Crippen MR) is 93.1 cm³/mol. The van der Waals surface area contributed by atoms with E-state index in [1.165, 1.54) is 5.56 Å². The van der Waals surface area contributed by atoms with Crippen molar-refractivity contribution in [2.45, 2.75) is 6.42 Å². The Kier molecular flexibility index (Phi) is 4.57. The van der Waals surface area contributed by atoms with Crippen LogP contribution in [-0.2, 0) is 6.42 Å². The van der Waals surface area contributed by atoms with E-state index < -0.39 is 0 Å². The normalized spacial score (nSPS) is 13.3. The van der Waals surface area contributed by atoms with Crippen LogP contribution < -0.4 is 10.2 Å². The molecular weight excluding hydrogens is 288 g/mol. The average molecular weight is 310 g/mol. The van der Waals surface area contributed by atoms with Crippen molar-refractivity contribution in [1.82, 2.24) is 9.88 Å². The van der Waals surface area contributed by atoms with Gasteiger partial charge in [-0.05, 0) is 44.3 Å². The number of para-hydroxylation sites is 1. The first-order chi connectivity index (χ1) is 11.1. The highest BCUT2D eigenvalue weighted by Gasteiger charge is 2.25. The second-order valence-electron chi connectivity index (χ2n) is 6.00. The van der Waals surface area contributed by atoms with Crippen molar-refractivity contribution < 1.29 is 4.79 Å². The van der Waals surface area contributed by atoms with Crippen molar-refractivity contribution in [2.75, 3.05) is 43.9 Å². The van der Waals surface area contributed by atoms with Crippen molar-refractivity contribution in [3.63, 3.8) is 0 Å². The molecule has 1 N–H and O–H groups in total. The Morgan fingerprint density at radius 1 is 1.26 bits per heavy atom. The number of aromatic nitrogens is 1. The lowest BCUT2D eigenvalue weighted by Gasteiger charge is -2.17. The van der Waals surface area contributed by atoms with Crippen LogP contribution in [0.3, 0.4) is 0 Å². The van der Waals surface area contributed by atoms with Crippen LogP contribution in [0.1, 0.15) is 16.1 Å². The molecule has 0 radical (unpaired) electrons. The number of nitrogens with zero attached hydrogens (tertiary/aromatic N) is 3. The monoisotopic (exact) mass is 310 g/mol. The first-order valence-corrected chi connectivity index (χ1v) is 7.89. The summed E-state index contributed by atoms with van der Waals surface area (Å²) in [4.78, 5) is 20.9. The zero-order chi connectivity index (χ0) is 16.2. The molecule has 0 atom stereocenters. The molecule has 0 fully saturated rings. The van der Waals surface area contributed by atoms with Gasteiger partial charge in [-0.2, -0.15) is 0 Å². The van der Waals surface area contributed by atoms with Crippen molar-refractivity contribution in [1.29, 1.82) is 0 Å². The first kappa shape index (κ1) is 15.5. The van der Waals surface area contributed by atoms with Gasteiger partial charge < -0.3 is 15.1 Å². The predicted octanol–water partition coefficient (Wildman–Crippen LogP) is 2.26. The van der Waals surface area contributed by atoms with Crippen LogP contribution in [-0.4, -0.2) is 49.5 Å². The van der Waals surface area contributed by atoms with Gasteiger partial charge in [0.1, 0.15) is 5.69 Å². The van der Waals surface area contributed by atoms with E-state index in [1.807, 2.05) is 43.3 Å². The van der Waals surface area contributed by atoms with Crippen molar-refractivity contribution in [3.8, 4) is 0 Å². The van der Waals surface area contributed by atoms with Crippen LogP contribution in [0, 0.1) is 0 Å². The SMILES string of the molecule is CN(C)CCNc1ccc(C(=O)N2CCc3ccccc32)nc1. The average Bonchev–Trinajstić information content (AvgIpc) is 2.98. The maximum absolute atomic E-state index is 12.7. The molecule has 2 heterocycles. The molecule has 0 saturated carbocycles. The van der Waals surface area contributed by atoms with Crippen molar-refractivity contribution in [2.24, 2.45) is 0 Å². The molecule has 1 amide bonds. The van der Waals surface area contributed by atoms with Crippen LogP contribution in [0.15, 0.2) is 42.6 Å². The van der Waals surface area contributed by atoms with E-state index in [1.54, 1.807) is 12.3 Å². The molecule has 0 bridgehead atoms. The molecule has 0 unspecified atom stereocenters. The number of benzene rings is 1. The summed E-state index contributed by atoms with van der Waals surface area (Å²) in [5.41, 5.74) is 3.65. The number of carbonyl (C=O) groups is 1. The molecule has 5 heteroatoms. The Labute approximate surface area is 136 Å². The van der Waals surface area contributed by atoms with Gasteiger partial charge in [-0.15, -0.1) is 0 Å². The minimum atomic E-state index is -0.0326. The van der Waals surface area contributed by atoms with E-state index in [-0.39, 0.29) is 5.91 Å². The number of nitrogens with one attached hydrogen (secondary N) is 1. The third-order valence-electron chi connectivity index (χ3n) is 4.00. The Morgan fingerprint density at radius 2 is 2.09 bits per heavy atom. The summed E-state index contributed by atoms with van der Waals surface area (Å²) in [7, 11) is 4.07. The number of rotatable bonds is 5. The third-order valence-corrected chi connectivity index (χ3v) is 4.00. The molecule has 5 nitrogen and oxygen atoms in total. The number of carbonyl (C=O) groups excluding carboxylic acids is 1. The molecule has 3 rings (SSSR count). The molecule has 2 aromatic rings.